The first-order valence-electron chi connectivity index (χ1n) is 9.83. The van der Waals surface area contributed by atoms with Crippen molar-refractivity contribution >= 4 is 29.2 Å². The summed E-state index contributed by atoms with van der Waals surface area (Å²) >= 11 is 11.1. The number of hydrogen-bond acceptors (Lipinski definition) is 3. The van der Waals surface area contributed by atoms with Gasteiger partial charge in [0.05, 0.1) is 6.42 Å². The Morgan fingerprint density at radius 2 is 1.56 bits per heavy atom. The van der Waals surface area contributed by atoms with Gasteiger partial charge in [-0.2, -0.15) is 0 Å². The summed E-state index contributed by atoms with van der Waals surface area (Å²) in [6.45, 7) is 4.11. The summed E-state index contributed by atoms with van der Waals surface area (Å²) in [4.78, 5) is 10.8. The first kappa shape index (κ1) is 24.8. The van der Waals surface area contributed by atoms with E-state index >= 15 is 0 Å². The van der Waals surface area contributed by atoms with Gasteiger partial charge in [0.1, 0.15) is 17.0 Å². The third-order valence-electron chi connectivity index (χ3n) is 4.19. The summed E-state index contributed by atoms with van der Waals surface area (Å²) in [6.07, 6.45) is 15.5. The Kier molecular flexibility index (Phi) is 17.0. The van der Waals surface area contributed by atoms with E-state index in [1.807, 2.05) is 13.0 Å². The smallest absolute Gasteiger partial charge is 0.308 e. The minimum absolute atomic E-state index is 0.0610. The second-order valence-electron chi connectivity index (χ2n) is 6.57. The molecule has 0 radical (unpaired) electrons. The van der Waals surface area contributed by atoms with Crippen LogP contribution >= 0.6 is 23.2 Å². The number of carbonyl (C=O) groups excluding carboxylic acids is 1. The number of allylic oxidation sites excluding steroid dienone is 1. The number of rotatable bonds is 16. The Balaban J connectivity index is 3.75. The molecule has 148 valence electrons. The molecule has 0 amide bonds. The highest BCUT2D eigenvalue weighted by atomic mass is 35.5. The molecule has 0 aromatic heterocycles. The van der Waals surface area contributed by atoms with Gasteiger partial charge in [0.2, 0.25) is 0 Å². The van der Waals surface area contributed by atoms with Gasteiger partial charge < -0.3 is 9.84 Å². The summed E-state index contributed by atoms with van der Waals surface area (Å²) < 4.78 is 5.21. The van der Waals surface area contributed by atoms with E-state index in [0.29, 0.717) is 6.42 Å². The van der Waals surface area contributed by atoms with Gasteiger partial charge in [0, 0.05) is 0 Å². The van der Waals surface area contributed by atoms with Crippen molar-refractivity contribution in [2.24, 2.45) is 0 Å². The molecule has 0 aromatic carbocycles. The number of aliphatic hydroxyl groups excluding tert-OH is 1. The van der Waals surface area contributed by atoms with E-state index in [4.69, 9.17) is 27.9 Å². The van der Waals surface area contributed by atoms with Gasteiger partial charge in [0.15, 0.2) is 0 Å². The number of hydrogen-bond donors (Lipinski definition) is 1. The zero-order valence-corrected chi connectivity index (χ0v) is 17.4. The Labute approximate surface area is 164 Å². The minimum atomic E-state index is -0.781. The van der Waals surface area contributed by atoms with E-state index in [9.17, 15) is 9.90 Å². The van der Waals surface area contributed by atoms with Crippen LogP contribution in [0.15, 0.2) is 12.2 Å². The number of ether oxygens (including phenoxy) is 1. The van der Waals surface area contributed by atoms with Crippen molar-refractivity contribution in [3.05, 3.63) is 12.2 Å². The van der Waals surface area contributed by atoms with Crippen LogP contribution in [0.4, 0.5) is 0 Å². The summed E-state index contributed by atoms with van der Waals surface area (Å²) in [7, 11) is 0. The van der Waals surface area contributed by atoms with Crippen molar-refractivity contribution in [3.8, 4) is 0 Å². The fraction of sp³-hybridized carbons (Fsp3) is 0.850. The second-order valence-corrected chi connectivity index (χ2v) is 7.84. The van der Waals surface area contributed by atoms with Gasteiger partial charge in [-0.25, -0.2) is 0 Å². The summed E-state index contributed by atoms with van der Waals surface area (Å²) in [5.41, 5.74) is 0. The van der Waals surface area contributed by atoms with Gasteiger partial charge in [-0.15, -0.1) is 23.2 Å². The third kappa shape index (κ3) is 15.7. The van der Waals surface area contributed by atoms with Crippen LogP contribution < -0.4 is 0 Å². The molecule has 0 saturated heterocycles. The maximum absolute atomic E-state index is 11.6. The van der Waals surface area contributed by atoms with Gasteiger partial charge in [-0.1, -0.05) is 77.4 Å². The molecule has 1 N–H and O–H groups in total. The van der Waals surface area contributed by atoms with Crippen molar-refractivity contribution in [2.75, 3.05) is 0 Å². The van der Waals surface area contributed by atoms with Crippen molar-refractivity contribution < 1.29 is 14.6 Å². The van der Waals surface area contributed by atoms with E-state index in [1.165, 1.54) is 51.4 Å². The maximum atomic E-state index is 11.6. The molecule has 0 bridgehead atoms. The fourth-order valence-electron chi connectivity index (χ4n) is 2.67. The molecule has 0 heterocycles. The summed E-state index contributed by atoms with van der Waals surface area (Å²) in [5, 5.41) is 10.1. The lowest BCUT2D eigenvalue weighted by molar-refractivity contribution is -0.153. The van der Waals surface area contributed by atoms with Crippen LogP contribution in [-0.2, 0) is 9.53 Å². The van der Waals surface area contributed by atoms with Crippen molar-refractivity contribution in [2.45, 2.75) is 108 Å². The molecule has 0 rings (SSSR count). The zero-order chi connectivity index (χ0) is 18.9. The number of esters is 1. The standard InChI is InChI=1S/C20H36Cl2O3/c1-3-5-6-7-8-9-10-11-12-13-14-15-17(23)18(4-2)25-20(24)16-19(21)22/h14-15,17-19,23H,3-13,16H2,1-2H3/b15-14+. The molecule has 25 heavy (non-hydrogen) atoms. The lowest BCUT2D eigenvalue weighted by Crippen LogP contribution is -2.29. The molecule has 2 atom stereocenters. The number of aliphatic hydroxyl groups is 1. The van der Waals surface area contributed by atoms with Crippen LogP contribution in [0.2, 0.25) is 0 Å². The van der Waals surface area contributed by atoms with E-state index in [0.717, 1.165) is 12.8 Å². The topological polar surface area (TPSA) is 46.5 Å². The van der Waals surface area contributed by atoms with Crippen molar-refractivity contribution in [3.63, 3.8) is 0 Å². The lowest BCUT2D eigenvalue weighted by atomic mass is 10.1. The van der Waals surface area contributed by atoms with Crippen LogP contribution in [0.1, 0.15) is 90.9 Å². The van der Waals surface area contributed by atoms with Gasteiger partial charge in [-0.05, 0) is 19.3 Å². The lowest BCUT2D eigenvalue weighted by Gasteiger charge is -2.19. The van der Waals surface area contributed by atoms with E-state index < -0.39 is 23.0 Å². The highest BCUT2D eigenvalue weighted by Crippen LogP contribution is 2.14. The highest BCUT2D eigenvalue weighted by Gasteiger charge is 2.20. The Morgan fingerprint density at radius 1 is 1.00 bits per heavy atom. The van der Waals surface area contributed by atoms with Crippen molar-refractivity contribution in [1.29, 1.82) is 0 Å². The number of halogens is 2. The molecule has 0 aliphatic heterocycles. The average Bonchev–Trinajstić information content (AvgIpc) is 2.56. The van der Waals surface area contributed by atoms with Crippen LogP contribution in [0.25, 0.3) is 0 Å². The molecule has 0 fully saturated rings. The largest absolute Gasteiger partial charge is 0.459 e. The van der Waals surface area contributed by atoms with Gasteiger partial charge in [0.25, 0.3) is 0 Å². The Morgan fingerprint density at radius 3 is 2.08 bits per heavy atom. The molecule has 0 aliphatic carbocycles. The van der Waals surface area contributed by atoms with E-state index in [-0.39, 0.29) is 6.42 Å². The molecule has 0 aromatic rings. The predicted molar refractivity (Wildman–Crippen MR) is 107 cm³/mol. The zero-order valence-electron chi connectivity index (χ0n) is 15.9. The third-order valence-corrected chi connectivity index (χ3v) is 4.50. The molecule has 0 spiro atoms. The quantitative estimate of drug-likeness (QED) is 0.144. The predicted octanol–water partition coefficient (Wildman–Crippen LogP) is 6.34. The molecule has 5 heteroatoms. The molecular formula is C20H36Cl2O3. The molecular weight excluding hydrogens is 359 g/mol. The molecule has 2 unspecified atom stereocenters. The van der Waals surface area contributed by atoms with E-state index in [2.05, 4.69) is 6.92 Å². The second kappa shape index (κ2) is 17.2. The minimum Gasteiger partial charge on any atom is -0.459 e. The Hall–Kier alpha value is -0.250. The van der Waals surface area contributed by atoms with E-state index in [1.54, 1.807) is 6.08 Å². The molecule has 3 nitrogen and oxygen atoms in total. The molecule has 0 aliphatic rings. The first-order valence-corrected chi connectivity index (χ1v) is 10.7. The summed E-state index contributed by atoms with van der Waals surface area (Å²) in [6, 6.07) is 0. The van der Waals surface area contributed by atoms with Crippen LogP contribution in [0, 0.1) is 0 Å². The molecule has 0 saturated carbocycles. The number of alkyl halides is 2. The maximum Gasteiger partial charge on any atom is 0.308 e. The Bertz CT molecular complexity index is 346. The summed E-state index contributed by atoms with van der Waals surface area (Å²) in [5.74, 6) is -0.478. The monoisotopic (exact) mass is 394 g/mol. The van der Waals surface area contributed by atoms with Crippen LogP contribution in [0.5, 0.6) is 0 Å². The average molecular weight is 395 g/mol. The normalized spacial score (nSPS) is 14.2. The SMILES string of the molecule is CCCCCCCCCCC/C=C/C(O)C(CC)OC(=O)CC(Cl)Cl. The number of unbranched alkanes of at least 4 members (excludes halogenated alkanes) is 9. The first-order chi connectivity index (χ1) is 12.0. The van der Waals surface area contributed by atoms with Crippen LogP contribution in [-0.4, -0.2) is 28.1 Å². The fourth-order valence-corrected chi connectivity index (χ4v) is 2.92. The van der Waals surface area contributed by atoms with Gasteiger partial charge in [-0.3, -0.25) is 4.79 Å². The van der Waals surface area contributed by atoms with Crippen LogP contribution in [0.3, 0.4) is 0 Å². The highest BCUT2D eigenvalue weighted by molar-refractivity contribution is 6.45. The number of carbonyl (C=O) groups is 1. The van der Waals surface area contributed by atoms with Crippen molar-refractivity contribution in [1.82, 2.24) is 0 Å². The van der Waals surface area contributed by atoms with Gasteiger partial charge >= 0.3 is 5.97 Å².